The van der Waals surface area contributed by atoms with E-state index in [1.54, 1.807) is 0 Å². The van der Waals surface area contributed by atoms with Crippen molar-refractivity contribution in [1.82, 2.24) is 10.3 Å². The molecule has 0 aliphatic heterocycles. The van der Waals surface area contributed by atoms with E-state index < -0.39 is 0 Å². The maximum Gasteiger partial charge on any atom is 0.300 e. The highest BCUT2D eigenvalue weighted by atomic mass is 15.6. The summed E-state index contributed by atoms with van der Waals surface area (Å²) in [6.07, 6.45) is 0. The molecule has 2 aromatic carbocycles. The van der Waals surface area contributed by atoms with Crippen molar-refractivity contribution in [1.29, 1.82) is 0 Å². The summed E-state index contributed by atoms with van der Waals surface area (Å²) in [5, 5.41) is 5.42. The lowest BCUT2D eigenvalue weighted by Crippen LogP contribution is -2.39. The van der Waals surface area contributed by atoms with E-state index in [2.05, 4.69) is 77.6 Å². The first-order chi connectivity index (χ1) is 9.72. The van der Waals surface area contributed by atoms with Crippen molar-refractivity contribution in [3.8, 4) is 0 Å². The minimum Gasteiger partial charge on any atom is -0.275 e. The van der Waals surface area contributed by atoms with Crippen molar-refractivity contribution >= 4 is 5.84 Å². The minimum absolute atomic E-state index is 0.832. The Morgan fingerprint density at radius 3 is 2.00 bits per heavy atom. The van der Waals surface area contributed by atoms with E-state index >= 15 is 0 Å². The molecule has 0 atom stereocenters. The average Bonchev–Trinajstić information content (AvgIpc) is 2.49. The quantitative estimate of drug-likeness (QED) is 0.397. The van der Waals surface area contributed by atoms with Gasteiger partial charge in [-0.3, -0.25) is 10.3 Å². The Morgan fingerprint density at radius 2 is 1.50 bits per heavy atom. The molecule has 0 saturated carbocycles. The monoisotopic (exact) mass is 268 g/mol. The van der Waals surface area contributed by atoms with Gasteiger partial charge in [0.15, 0.2) is 0 Å². The van der Waals surface area contributed by atoms with Crippen LogP contribution < -0.4 is 5.32 Å². The molecule has 0 radical (unpaired) electrons. The van der Waals surface area contributed by atoms with Gasteiger partial charge in [0.1, 0.15) is 6.54 Å². The molecule has 0 heterocycles. The van der Waals surface area contributed by atoms with Crippen LogP contribution in [0.4, 0.5) is 0 Å². The zero-order valence-electron chi connectivity index (χ0n) is 12.4. The molecule has 0 aliphatic carbocycles. The SMILES string of the molecule is CN/C(c1ccccc1)=[N+](/Cc1ccccc1)N(C)C. The second kappa shape index (κ2) is 6.75. The average molecular weight is 268 g/mol. The van der Waals surface area contributed by atoms with Gasteiger partial charge < -0.3 is 0 Å². The molecule has 0 aromatic heterocycles. The molecule has 0 bridgehead atoms. The fraction of sp³-hybridized carbons (Fsp3) is 0.235. The number of hydrazone groups is 1. The summed E-state index contributed by atoms with van der Waals surface area (Å²) in [7, 11) is 6.08. The molecule has 0 spiro atoms. The van der Waals surface area contributed by atoms with E-state index in [1.807, 2.05) is 19.2 Å². The van der Waals surface area contributed by atoms with Crippen LogP contribution in [0.25, 0.3) is 0 Å². The predicted molar refractivity (Wildman–Crippen MR) is 83.7 cm³/mol. The molecule has 0 amide bonds. The van der Waals surface area contributed by atoms with E-state index in [0.29, 0.717) is 0 Å². The fourth-order valence-electron chi connectivity index (χ4n) is 2.20. The Kier molecular flexibility index (Phi) is 4.77. The van der Waals surface area contributed by atoms with Crippen LogP contribution in [0.15, 0.2) is 60.7 Å². The summed E-state index contributed by atoms with van der Waals surface area (Å²) in [5.41, 5.74) is 2.46. The van der Waals surface area contributed by atoms with Crippen molar-refractivity contribution in [3.63, 3.8) is 0 Å². The molecule has 20 heavy (non-hydrogen) atoms. The van der Waals surface area contributed by atoms with E-state index in [1.165, 1.54) is 11.1 Å². The topological polar surface area (TPSA) is 18.3 Å². The highest BCUT2D eigenvalue weighted by Gasteiger charge is 2.16. The van der Waals surface area contributed by atoms with E-state index in [4.69, 9.17) is 0 Å². The molecule has 0 fully saturated rings. The van der Waals surface area contributed by atoms with Crippen LogP contribution in [0.3, 0.4) is 0 Å². The Morgan fingerprint density at radius 1 is 0.950 bits per heavy atom. The number of hydrogen-bond acceptors (Lipinski definition) is 1. The molecule has 1 N–H and O–H groups in total. The van der Waals surface area contributed by atoms with Crippen LogP contribution in [0, 0.1) is 0 Å². The zero-order valence-corrected chi connectivity index (χ0v) is 12.4. The normalized spacial score (nSPS) is 11.8. The lowest BCUT2D eigenvalue weighted by molar-refractivity contribution is -0.692. The Balaban J connectivity index is 2.41. The van der Waals surface area contributed by atoms with Crippen LogP contribution in [-0.4, -0.2) is 36.7 Å². The van der Waals surface area contributed by atoms with Crippen molar-refractivity contribution < 1.29 is 4.68 Å². The number of nitrogens with one attached hydrogen (secondary N) is 1. The summed E-state index contributed by atoms with van der Waals surface area (Å²) in [5.74, 6) is 1.10. The Labute approximate surface area is 121 Å². The van der Waals surface area contributed by atoms with E-state index in [-0.39, 0.29) is 0 Å². The van der Waals surface area contributed by atoms with Gasteiger partial charge in [-0.05, 0) is 17.7 Å². The van der Waals surface area contributed by atoms with Gasteiger partial charge in [-0.15, -0.1) is 0 Å². The van der Waals surface area contributed by atoms with Crippen molar-refractivity contribution in [2.24, 2.45) is 0 Å². The largest absolute Gasteiger partial charge is 0.300 e. The third-order valence-electron chi connectivity index (χ3n) is 3.20. The maximum absolute atomic E-state index is 3.32. The van der Waals surface area contributed by atoms with Crippen LogP contribution in [0.1, 0.15) is 11.1 Å². The number of rotatable bonds is 4. The van der Waals surface area contributed by atoms with Gasteiger partial charge in [-0.1, -0.05) is 48.5 Å². The van der Waals surface area contributed by atoms with E-state index in [0.717, 1.165) is 12.4 Å². The second-order valence-electron chi connectivity index (χ2n) is 4.86. The smallest absolute Gasteiger partial charge is 0.275 e. The standard InChI is InChI=1S/C17H21N3/c1-18-17(16-12-8-5-9-13-16)20(19(2)3)14-15-10-6-4-7-11-15/h4-13H,14H2,1-3H3/p+1. The number of benzene rings is 2. The molecule has 2 rings (SSSR count). The van der Waals surface area contributed by atoms with Gasteiger partial charge in [0.2, 0.25) is 0 Å². The number of amidine groups is 1. The van der Waals surface area contributed by atoms with Gasteiger partial charge in [0.05, 0.1) is 12.6 Å². The third kappa shape index (κ3) is 3.38. The van der Waals surface area contributed by atoms with Gasteiger partial charge >= 0.3 is 5.84 Å². The van der Waals surface area contributed by atoms with Gasteiger partial charge in [0.25, 0.3) is 0 Å². The summed E-state index contributed by atoms with van der Waals surface area (Å²) in [6.45, 7) is 0.832. The first kappa shape index (κ1) is 14.1. The lowest BCUT2D eigenvalue weighted by Gasteiger charge is -2.19. The molecular weight excluding hydrogens is 246 g/mol. The van der Waals surface area contributed by atoms with Crippen LogP contribution >= 0.6 is 0 Å². The summed E-state index contributed by atoms with van der Waals surface area (Å²) >= 11 is 0. The van der Waals surface area contributed by atoms with Gasteiger partial charge in [-0.2, -0.15) is 4.68 Å². The minimum atomic E-state index is 0.832. The maximum atomic E-state index is 3.32. The van der Waals surface area contributed by atoms with Crippen molar-refractivity contribution in [2.45, 2.75) is 6.54 Å². The summed E-state index contributed by atoms with van der Waals surface area (Å²) in [4.78, 5) is 0. The molecule has 104 valence electrons. The van der Waals surface area contributed by atoms with Crippen LogP contribution in [0.5, 0.6) is 0 Å². The second-order valence-corrected chi connectivity index (χ2v) is 4.86. The molecule has 0 unspecified atom stereocenters. The first-order valence-electron chi connectivity index (χ1n) is 6.81. The molecule has 0 saturated heterocycles. The van der Waals surface area contributed by atoms with Gasteiger partial charge in [0, 0.05) is 14.1 Å². The highest BCUT2D eigenvalue weighted by Crippen LogP contribution is 2.05. The Bertz CT molecular complexity index is 559. The van der Waals surface area contributed by atoms with Crippen molar-refractivity contribution in [3.05, 3.63) is 71.8 Å². The summed E-state index contributed by atoms with van der Waals surface area (Å²) < 4.78 is 2.23. The third-order valence-corrected chi connectivity index (χ3v) is 3.20. The van der Waals surface area contributed by atoms with Crippen molar-refractivity contribution in [2.75, 3.05) is 21.1 Å². The predicted octanol–water partition coefficient (Wildman–Crippen LogP) is 2.34. The Hall–Kier alpha value is -2.29. The fourth-order valence-corrected chi connectivity index (χ4v) is 2.20. The molecule has 3 nitrogen and oxygen atoms in total. The van der Waals surface area contributed by atoms with E-state index in [9.17, 15) is 0 Å². The highest BCUT2D eigenvalue weighted by molar-refractivity contribution is 5.94. The number of nitrogens with zero attached hydrogens (tertiary/aromatic N) is 2. The molecule has 0 aliphatic rings. The first-order valence-corrected chi connectivity index (χ1v) is 6.81. The van der Waals surface area contributed by atoms with Crippen LogP contribution in [-0.2, 0) is 6.54 Å². The lowest BCUT2D eigenvalue weighted by atomic mass is 10.2. The summed E-state index contributed by atoms with van der Waals surface area (Å²) in [6, 6.07) is 20.9. The van der Waals surface area contributed by atoms with Gasteiger partial charge in [-0.25, -0.2) is 0 Å². The van der Waals surface area contributed by atoms with Crippen LogP contribution in [0.2, 0.25) is 0 Å². The number of hydrogen-bond donors (Lipinski definition) is 1. The molecular formula is C17H22N3+. The number of hydrazine groups is 1. The zero-order chi connectivity index (χ0) is 14.4. The molecule has 3 heteroatoms. The molecule has 2 aromatic rings.